The van der Waals surface area contributed by atoms with Crippen molar-refractivity contribution in [2.75, 3.05) is 13.1 Å². The van der Waals surface area contributed by atoms with Gasteiger partial charge in [0.2, 0.25) is 0 Å². The zero-order chi connectivity index (χ0) is 16.2. The van der Waals surface area contributed by atoms with Crippen molar-refractivity contribution in [3.8, 4) is 11.4 Å². The van der Waals surface area contributed by atoms with Crippen molar-refractivity contribution in [3.05, 3.63) is 42.0 Å². The van der Waals surface area contributed by atoms with E-state index in [0.717, 1.165) is 31.4 Å². The van der Waals surface area contributed by atoms with Gasteiger partial charge in [-0.1, -0.05) is 6.42 Å². The van der Waals surface area contributed by atoms with Crippen LogP contribution in [0.25, 0.3) is 11.4 Å². The average molecular weight is 348 g/mol. The number of nitrogens with zero attached hydrogens (tertiary/aromatic N) is 4. The van der Waals surface area contributed by atoms with E-state index in [4.69, 9.17) is 5.73 Å². The number of amides is 1. The Bertz CT molecular complexity index is 695. The lowest BCUT2D eigenvalue weighted by atomic mass is 10.1. The molecule has 1 amide bonds. The number of pyridine rings is 1. The Kier molecular flexibility index (Phi) is 6.23. The first kappa shape index (κ1) is 18.3. The lowest BCUT2D eigenvalue weighted by molar-refractivity contribution is 0.0753. The third kappa shape index (κ3) is 4.07. The molecule has 1 aliphatic rings. The number of hydrogen-bond acceptors (Lipinski definition) is 5. The van der Waals surface area contributed by atoms with Crippen LogP contribution in [-0.4, -0.2) is 44.9 Å². The predicted molar refractivity (Wildman–Crippen MR) is 95.0 cm³/mol. The highest BCUT2D eigenvalue weighted by atomic mass is 35.5. The number of rotatable bonds is 2. The molecule has 1 fully saturated rings. The van der Waals surface area contributed by atoms with Crippen LogP contribution in [0.4, 0.5) is 0 Å². The van der Waals surface area contributed by atoms with Gasteiger partial charge in [-0.3, -0.25) is 9.78 Å². The van der Waals surface area contributed by atoms with Crippen molar-refractivity contribution in [3.63, 3.8) is 0 Å². The molecule has 1 aliphatic heterocycles. The number of likely N-dealkylation sites (tertiary alicyclic amines) is 1. The second-order valence-electron chi connectivity index (χ2n) is 5.94. The van der Waals surface area contributed by atoms with Gasteiger partial charge in [0, 0.05) is 43.3 Å². The minimum Gasteiger partial charge on any atom is -0.337 e. The molecule has 2 aromatic heterocycles. The number of aryl methyl sites for hydroxylation is 1. The summed E-state index contributed by atoms with van der Waals surface area (Å²) in [5.41, 5.74) is 8.12. The first-order valence-corrected chi connectivity index (χ1v) is 7.94. The summed E-state index contributed by atoms with van der Waals surface area (Å²) >= 11 is 0. The number of hydrogen-bond donors (Lipinski definition) is 1. The highest BCUT2D eigenvalue weighted by molar-refractivity contribution is 5.95. The van der Waals surface area contributed by atoms with Crippen LogP contribution in [0, 0.1) is 6.92 Å². The fourth-order valence-electron chi connectivity index (χ4n) is 2.84. The Morgan fingerprint density at radius 1 is 1.33 bits per heavy atom. The van der Waals surface area contributed by atoms with E-state index in [9.17, 15) is 4.79 Å². The SMILES string of the molecule is Cc1nc(-c2cccnc2)ncc1C(=O)N1CCCCC(N)C1.Cl. The van der Waals surface area contributed by atoms with Gasteiger partial charge in [0.1, 0.15) is 0 Å². The molecule has 0 bridgehead atoms. The van der Waals surface area contributed by atoms with Crippen molar-refractivity contribution < 1.29 is 4.79 Å². The van der Waals surface area contributed by atoms with Gasteiger partial charge in [-0.25, -0.2) is 9.97 Å². The summed E-state index contributed by atoms with van der Waals surface area (Å²) < 4.78 is 0. The number of halogens is 1. The third-order valence-corrected chi connectivity index (χ3v) is 4.12. The number of carbonyl (C=O) groups is 1. The minimum absolute atomic E-state index is 0. The molecule has 1 saturated heterocycles. The molecule has 1 atom stereocenters. The molecule has 0 aliphatic carbocycles. The average Bonchev–Trinajstić information content (AvgIpc) is 2.79. The first-order valence-electron chi connectivity index (χ1n) is 7.94. The summed E-state index contributed by atoms with van der Waals surface area (Å²) in [5, 5.41) is 0. The Balaban J connectivity index is 0.00000208. The Morgan fingerprint density at radius 3 is 2.88 bits per heavy atom. The lowest BCUT2D eigenvalue weighted by Gasteiger charge is -2.23. The summed E-state index contributed by atoms with van der Waals surface area (Å²) in [5.74, 6) is 0.553. The molecule has 2 N–H and O–H groups in total. The van der Waals surface area contributed by atoms with Crippen LogP contribution < -0.4 is 5.73 Å². The lowest BCUT2D eigenvalue weighted by Crippen LogP contribution is -2.40. The number of carbonyl (C=O) groups excluding carboxylic acids is 1. The fraction of sp³-hybridized carbons (Fsp3) is 0.412. The van der Waals surface area contributed by atoms with Gasteiger partial charge in [-0.2, -0.15) is 0 Å². The van der Waals surface area contributed by atoms with Crippen molar-refractivity contribution >= 4 is 18.3 Å². The van der Waals surface area contributed by atoms with Gasteiger partial charge in [0.25, 0.3) is 5.91 Å². The minimum atomic E-state index is -0.0300. The molecule has 2 aromatic rings. The summed E-state index contributed by atoms with van der Waals surface area (Å²) in [4.78, 5) is 27.5. The second kappa shape index (κ2) is 8.17. The van der Waals surface area contributed by atoms with Crippen LogP contribution in [0.3, 0.4) is 0 Å². The van der Waals surface area contributed by atoms with Gasteiger partial charge in [-0.05, 0) is 31.9 Å². The highest BCUT2D eigenvalue weighted by Crippen LogP contribution is 2.17. The van der Waals surface area contributed by atoms with Gasteiger partial charge in [0.15, 0.2) is 5.82 Å². The number of nitrogens with two attached hydrogens (primary N) is 1. The van der Waals surface area contributed by atoms with Crippen LogP contribution in [0.1, 0.15) is 35.3 Å². The monoisotopic (exact) mass is 347 g/mol. The summed E-state index contributed by atoms with van der Waals surface area (Å²) in [6, 6.07) is 3.79. The van der Waals surface area contributed by atoms with E-state index in [2.05, 4.69) is 15.0 Å². The summed E-state index contributed by atoms with van der Waals surface area (Å²) in [6.45, 7) is 3.19. The third-order valence-electron chi connectivity index (χ3n) is 4.12. The maximum absolute atomic E-state index is 12.7. The second-order valence-corrected chi connectivity index (χ2v) is 5.94. The zero-order valence-corrected chi connectivity index (χ0v) is 14.5. The molecular formula is C17H22ClN5O. The van der Waals surface area contributed by atoms with E-state index in [-0.39, 0.29) is 24.4 Å². The van der Waals surface area contributed by atoms with Crippen molar-refractivity contribution in [1.29, 1.82) is 0 Å². The van der Waals surface area contributed by atoms with Crippen LogP contribution in [0.15, 0.2) is 30.7 Å². The number of aromatic nitrogens is 3. The van der Waals surface area contributed by atoms with Gasteiger partial charge < -0.3 is 10.6 Å². The molecule has 3 heterocycles. The van der Waals surface area contributed by atoms with E-state index in [1.807, 2.05) is 24.0 Å². The van der Waals surface area contributed by atoms with Gasteiger partial charge in [-0.15, -0.1) is 12.4 Å². The smallest absolute Gasteiger partial charge is 0.257 e. The molecule has 6 nitrogen and oxygen atoms in total. The topological polar surface area (TPSA) is 85.0 Å². The fourth-order valence-corrected chi connectivity index (χ4v) is 2.84. The first-order chi connectivity index (χ1) is 11.1. The van der Waals surface area contributed by atoms with Gasteiger partial charge >= 0.3 is 0 Å². The zero-order valence-electron chi connectivity index (χ0n) is 13.7. The van der Waals surface area contributed by atoms with Crippen molar-refractivity contribution in [2.45, 2.75) is 32.2 Å². The highest BCUT2D eigenvalue weighted by Gasteiger charge is 2.23. The normalized spacial score (nSPS) is 17.8. The Labute approximate surface area is 147 Å². The summed E-state index contributed by atoms with van der Waals surface area (Å²) in [6.07, 6.45) is 8.07. The van der Waals surface area contributed by atoms with Crippen LogP contribution in [-0.2, 0) is 0 Å². The molecule has 1 unspecified atom stereocenters. The van der Waals surface area contributed by atoms with Crippen LogP contribution in [0.2, 0.25) is 0 Å². The Hall–Kier alpha value is -2.05. The standard InChI is InChI=1S/C17H21N5O.ClH/c1-12-15(17(23)22-8-3-2-6-14(18)11-22)10-20-16(21-12)13-5-4-7-19-9-13;/h4-5,7,9-10,14H,2-3,6,8,11,18H2,1H3;1H. The molecule has 0 aromatic carbocycles. The molecule has 0 radical (unpaired) electrons. The maximum Gasteiger partial charge on any atom is 0.257 e. The van der Waals surface area contributed by atoms with Crippen molar-refractivity contribution in [1.82, 2.24) is 19.9 Å². The van der Waals surface area contributed by atoms with E-state index < -0.39 is 0 Å². The molecule has 24 heavy (non-hydrogen) atoms. The maximum atomic E-state index is 12.7. The molecule has 128 valence electrons. The van der Waals surface area contributed by atoms with E-state index in [0.29, 0.717) is 23.6 Å². The molecular weight excluding hydrogens is 326 g/mol. The van der Waals surface area contributed by atoms with Crippen molar-refractivity contribution in [2.24, 2.45) is 5.73 Å². The quantitative estimate of drug-likeness (QED) is 0.900. The molecule has 3 rings (SSSR count). The predicted octanol–water partition coefficient (Wildman–Crippen LogP) is 2.22. The van der Waals surface area contributed by atoms with E-state index >= 15 is 0 Å². The Morgan fingerprint density at radius 2 is 2.17 bits per heavy atom. The van der Waals surface area contributed by atoms with E-state index in [1.54, 1.807) is 18.6 Å². The largest absolute Gasteiger partial charge is 0.337 e. The molecule has 7 heteroatoms. The van der Waals surface area contributed by atoms with Gasteiger partial charge in [0.05, 0.1) is 11.3 Å². The molecule has 0 saturated carbocycles. The molecule has 0 spiro atoms. The van der Waals surface area contributed by atoms with Crippen LogP contribution >= 0.6 is 12.4 Å². The van der Waals surface area contributed by atoms with E-state index in [1.165, 1.54) is 0 Å². The van der Waals surface area contributed by atoms with Crippen LogP contribution in [0.5, 0.6) is 0 Å². The summed E-state index contributed by atoms with van der Waals surface area (Å²) in [7, 11) is 0.